The minimum absolute atomic E-state index is 0.0706. The van der Waals surface area contributed by atoms with Gasteiger partial charge in [-0.3, -0.25) is 4.79 Å². The third-order valence-corrected chi connectivity index (χ3v) is 4.09. The Morgan fingerprint density at radius 3 is 2.38 bits per heavy atom. The van der Waals surface area contributed by atoms with E-state index in [1.165, 1.54) is 0 Å². The van der Waals surface area contributed by atoms with Gasteiger partial charge in [0.1, 0.15) is 11.6 Å². The first-order valence-electron chi connectivity index (χ1n) is 8.48. The molecule has 6 nitrogen and oxygen atoms in total. The van der Waals surface area contributed by atoms with Crippen molar-refractivity contribution in [3.8, 4) is 5.75 Å². The molecule has 1 amide bonds. The number of ether oxygens (including phenoxy) is 1. The van der Waals surface area contributed by atoms with E-state index >= 15 is 0 Å². The topological polar surface area (TPSA) is 76.4 Å². The van der Waals surface area contributed by atoms with Gasteiger partial charge in [0.05, 0.1) is 18.8 Å². The van der Waals surface area contributed by atoms with Gasteiger partial charge in [-0.25, -0.2) is 4.68 Å². The lowest BCUT2D eigenvalue weighted by molar-refractivity contribution is -0.128. The van der Waals surface area contributed by atoms with E-state index in [1.54, 1.807) is 42.8 Å². The first kappa shape index (κ1) is 20.3. The van der Waals surface area contributed by atoms with Crippen molar-refractivity contribution in [1.82, 2.24) is 9.78 Å². The average Bonchev–Trinajstić information content (AvgIpc) is 2.93. The maximum absolute atomic E-state index is 12.8. The molecule has 142 valence electrons. The summed E-state index contributed by atoms with van der Waals surface area (Å²) in [6.45, 7) is 9.72. The second-order valence-corrected chi connectivity index (χ2v) is 8.07. The number of halogens is 1. The highest BCUT2D eigenvalue weighted by atomic mass is 35.5. The fraction of sp³-hybridized carbons (Fsp3) is 0.474. The molecule has 0 atom stereocenters. The predicted octanol–water partition coefficient (Wildman–Crippen LogP) is 3.62. The minimum atomic E-state index is -1.11. The molecule has 0 aliphatic carbocycles. The van der Waals surface area contributed by atoms with Gasteiger partial charge < -0.3 is 15.2 Å². The zero-order chi connectivity index (χ0) is 19.5. The molecule has 0 aliphatic rings. The first-order chi connectivity index (χ1) is 12.0. The Morgan fingerprint density at radius 2 is 1.85 bits per heavy atom. The van der Waals surface area contributed by atoms with E-state index in [0.717, 1.165) is 5.69 Å². The molecule has 0 spiro atoms. The van der Waals surface area contributed by atoms with Gasteiger partial charge in [0.2, 0.25) is 0 Å². The molecule has 0 radical (unpaired) electrons. The van der Waals surface area contributed by atoms with Crippen LogP contribution < -0.4 is 10.1 Å². The fourth-order valence-electron chi connectivity index (χ4n) is 2.26. The molecule has 2 N–H and O–H groups in total. The molecule has 0 fully saturated rings. The zero-order valence-electron chi connectivity index (χ0n) is 15.8. The smallest absolute Gasteiger partial charge is 0.269 e. The van der Waals surface area contributed by atoms with Crippen LogP contribution in [-0.4, -0.2) is 33.0 Å². The van der Waals surface area contributed by atoms with Crippen molar-refractivity contribution in [3.63, 3.8) is 0 Å². The Balaban J connectivity index is 2.19. The molecule has 1 aromatic carbocycles. The number of aliphatic hydroxyl groups excluding tert-OH is 1. The lowest BCUT2D eigenvalue weighted by Gasteiger charge is -2.25. The van der Waals surface area contributed by atoms with Crippen LogP contribution in [0.3, 0.4) is 0 Å². The number of aromatic nitrogens is 2. The normalized spacial score (nSPS) is 12.1. The van der Waals surface area contributed by atoms with Gasteiger partial charge in [0, 0.05) is 16.5 Å². The summed E-state index contributed by atoms with van der Waals surface area (Å²) in [6, 6.07) is 8.66. The average molecular weight is 380 g/mol. The number of carbonyl (C=O) groups is 1. The van der Waals surface area contributed by atoms with Gasteiger partial charge in [0.25, 0.3) is 5.91 Å². The Bertz CT molecular complexity index is 761. The summed E-state index contributed by atoms with van der Waals surface area (Å²) in [5.41, 5.74) is -0.447. The molecule has 2 rings (SSSR count). The maximum Gasteiger partial charge on any atom is 0.269 e. The van der Waals surface area contributed by atoms with Crippen LogP contribution in [0, 0.1) is 0 Å². The standard InChI is InChI=1S/C19H26ClN3O3/c1-18(2,3)15-12-16(23(22-15)10-11-24)21-17(25)19(4,5)26-14-8-6-13(20)7-9-14/h6-9,12,24H,10-11H2,1-5H3,(H,21,25). The van der Waals surface area contributed by atoms with Crippen LogP contribution in [0.1, 0.15) is 40.3 Å². The van der Waals surface area contributed by atoms with Gasteiger partial charge in [-0.2, -0.15) is 5.10 Å². The van der Waals surface area contributed by atoms with Crippen LogP contribution in [-0.2, 0) is 16.8 Å². The molecule has 1 aromatic heterocycles. The molecular weight excluding hydrogens is 354 g/mol. The van der Waals surface area contributed by atoms with Crippen LogP contribution >= 0.6 is 11.6 Å². The third kappa shape index (κ3) is 4.99. The molecule has 26 heavy (non-hydrogen) atoms. The van der Waals surface area contributed by atoms with Gasteiger partial charge in [-0.1, -0.05) is 32.4 Å². The molecule has 0 saturated heterocycles. The number of nitrogens with one attached hydrogen (secondary N) is 1. The molecule has 0 aliphatic heterocycles. The number of rotatable bonds is 6. The van der Waals surface area contributed by atoms with Crippen LogP contribution in [0.2, 0.25) is 5.02 Å². The molecule has 0 unspecified atom stereocenters. The number of amides is 1. The van der Waals surface area contributed by atoms with E-state index in [2.05, 4.69) is 10.4 Å². The number of nitrogens with zero attached hydrogens (tertiary/aromatic N) is 2. The number of benzene rings is 1. The van der Waals surface area contributed by atoms with Gasteiger partial charge >= 0.3 is 0 Å². The highest BCUT2D eigenvalue weighted by Gasteiger charge is 2.31. The summed E-state index contributed by atoms with van der Waals surface area (Å²) in [5.74, 6) is 0.766. The lowest BCUT2D eigenvalue weighted by atomic mass is 9.92. The number of aliphatic hydroxyl groups is 1. The van der Waals surface area contributed by atoms with E-state index in [1.807, 2.05) is 26.8 Å². The molecule has 1 heterocycles. The number of hydrogen-bond acceptors (Lipinski definition) is 4. The second-order valence-electron chi connectivity index (χ2n) is 7.63. The summed E-state index contributed by atoms with van der Waals surface area (Å²) in [7, 11) is 0. The fourth-order valence-corrected chi connectivity index (χ4v) is 2.39. The van der Waals surface area contributed by atoms with E-state index in [0.29, 0.717) is 23.1 Å². The quantitative estimate of drug-likeness (QED) is 0.803. The van der Waals surface area contributed by atoms with Gasteiger partial charge in [0.15, 0.2) is 5.60 Å². The van der Waals surface area contributed by atoms with Crippen molar-refractivity contribution in [2.45, 2.75) is 52.2 Å². The Labute approximate surface area is 159 Å². The van der Waals surface area contributed by atoms with Crippen LogP contribution in [0.5, 0.6) is 5.75 Å². The first-order valence-corrected chi connectivity index (χ1v) is 8.86. The summed E-state index contributed by atoms with van der Waals surface area (Å²) in [6.07, 6.45) is 0. The number of anilines is 1. The van der Waals surface area contributed by atoms with Crippen LogP contribution in [0.4, 0.5) is 5.82 Å². The van der Waals surface area contributed by atoms with E-state index < -0.39 is 5.60 Å². The highest BCUT2D eigenvalue weighted by Crippen LogP contribution is 2.26. The molecule has 7 heteroatoms. The van der Waals surface area contributed by atoms with Crippen molar-refractivity contribution in [1.29, 1.82) is 0 Å². The van der Waals surface area contributed by atoms with Gasteiger partial charge in [-0.15, -0.1) is 0 Å². The van der Waals surface area contributed by atoms with Crippen molar-refractivity contribution in [2.75, 3.05) is 11.9 Å². The molecular formula is C19H26ClN3O3. The Kier molecular flexibility index (Phi) is 5.98. The molecule has 0 bridgehead atoms. The summed E-state index contributed by atoms with van der Waals surface area (Å²) in [5, 5.41) is 17.2. The Morgan fingerprint density at radius 1 is 1.23 bits per heavy atom. The van der Waals surface area contributed by atoms with Crippen molar-refractivity contribution < 1.29 is 14.6 Å². The molecule has 2 aromatic rings. The number of hydrogen-bond donors (Lipinski definition) is 2. The van der Waals surface area contributed by atoms with Crippen molar-refractivity contribution in [2.24, 2.45) is 0 Å². The van der Waals surface area contributed by atoms with E-state index in [-0.39, 0.29) is 17.9 Å². The van der Waals surface area contributed by atoms with E-state index in [9.17, 15) is 9.90 Å². The van der Waals surface area contributed by atoms with Gasteiger partial charge in [-0.05, 0) is 38.1 Å². The monoisotopic (exact) mass is 379 g/mol. The minimum Gasteiger partial charge on any atom is -0.478 e. The Hall–Kier alpha value is -2.05. The van der Waals surface area contributed by atoms with Crippen molar-refractivity contribution in [3.05, 3.63) is 41.0 Å². The van der Waals surface area contributed by atoms with Crippen LogP contribution in [0.15, 0.2) is 30.3 Å². The second kappa shape index (κ2) is 7.68. The maximum atomic E-state index is 12.8. The lowest BCUT2D eigenvalue weighted by Crippen LogP contribution is -2.43. The van der Waals surface area contributed by atoms with Crippen molar-refractivity contribution >= 4 is 23.3 Å². The largest absolute Gasteiger partial charge is 0.478 e. The highest BCUT2D eigenvalue weighted by molar-refractivity contribution is 6.30. The summed E-state index contributed by atoms with van der Waals surface area (Å²) < 4.78 is 7.41. The third-order valence-electron chi connectivity index (χ3n) is 3.84. The molecule has 0 saturated carbocycles. The number of carbonyl (C=O) groups excluding carboxylic acids is 1. The summed E-state index contributed by atoms with van der Waals surface area (Å²) >= 11 is 5.87. The van der Waals surface area contributed by atoms with Crippen LogP contribution in [0.25, 0.3) is 0 Å². The zero-order valence-corrected chi connectivity index (χ0v) is 16.6. The summed E-state index contributed by atoms with van der Waals surface area (Å²) in [4.78, 5) is 12.8. The predicted molar refractivity (Wildman–Crippen MR) is 103 cm³/mol. The SMILES string of the molecule is CC(C)(Oc1ccc(Cl)cc1)C(=O)Nc1cc(C(C)(C)C)nn1CCO. The van der Waals surface area contributed by atoms with E-state index in [4.69, 9.17) is 16.3 Å².